The van der Waals surface area contributed by atoms with E-state index < -0.39 is 584 Å². The molecular formula is I150. The van der Waals surface area contributed by atoms with Crippen LogP contribution in [0.4, 0.5) is 0 Å². The van der Waals surface area contributed by atoms with Gasteiger partial charge in [0.15, 0.2) is 0 Å². The van der Waals surface area contributed by atoms with E-state index in [-0.39, 0.29) is 0 Å². The fourth-order valence-electron chi connectivity index (χ4n) is 2.22. The van der Waals surface area contributed by atoms with Crippen LogP contribution in [0.2, 0.25) is 0 Å². The quantitative estimate of drug-likeness (QED) is 0.0533. The Morgan fingerprint density at radius 1 is 0.0333 bits per heavy atom. The molecule has 0 rings (SSSR count). The Morgan fingerprint density at radius 3 is 0.0733 bits per heavy atom. The SMILES string of the molecule is II(I)I(I)I(I)I(I)I(I)I(I)I(I)I(I)I(I)I(I)I(I)I(I)I(I)I(I)I(I)I(I)I(I)I(I)I(I)I(I)I(I)I(I)I(I)I(I)I(I)I(I)I(I)I(I)I(I)I(I)I(I)I(I)I(I)I(I)I(I)I(I)I(I)I(I)I(I)I(I)I(I)I(I)I(I)I(I)I(I)I(I)I(I)I(I)I(I)I(I)I(I)I(I)I(I)I(I)I(I)I(I)I(I)I(I)I(I)I(I)I(I)I(I)I(I)I(I)I(I)I(I)I(I)I(I)I(I)I(I)I(I)I(I)I(I)I(I)I. The third kappa shape index (κ3) is 105. The second-order valence-electron chi connectivity index (χ2n) is 12.0. The second kappa shape index (κ2) is 156. The van der Waals surface area contributed by atoms with Crippen molar-refractivity contribution in [3.8, 4) is 0 Å². The molecule has 0 spiro atoms. The Labute approximate surface area is 1880 Å². The Bertz CT molecular complexity index is 2920. The molecule has 0 aliphatic heterocycles. The Balaban J connectivity index is 6.02. The van der Waals surface area contributed by atoms with E-state index in [1.54, 1.807) is 0 Å². The molecule has 0 amide bonds. The summed E-state index contributed by atoms with van der Waals surface area (Å²) in [7, 11) is -48.0. The van der Waals surface area contributed by atoms with Crippen LogP contribution in [-0.4, -0.2) is 0 Å². The van der Waals surface area contributed by atoms with Crippen LogP contribution in [0.25, 0.3) is 0 Å². The minimum absolute atomic E-state index is 0.500. The summed E-state index contributed by atoms with van der Waals surface area (Å²) in [4.78, 5) is 0. The molecule has 0 saturated heterocycles. The molecule has 0 unspecified atom stereocenters. The number of rotatable bonds is 73. The van der Waals surface area contributed by atoms with E-state index in [1.807, 2.05) is 0 Å². The van der Waals surface area contributed by atoms with Gasteiger partial charge in [0.05, 0.1) is 0 Å². The molecule has 0 aromatic carbocycles. The molecule has 0 fully saturated rings. The first-order valence-electron chi connectivity index (χ1n) is 21.3. The van der Waals surface area contributed by atoms with Crippen molar-refractivity contribution in [3.63, 3.8) is 0 Å². The Hall–Kier alpha value is 110. The van der Waals surface area contributed by atoms with Crippen LogP contribution in [-0.2, 0) is 0 Å². The van der Waals surface area contributed by atoms with Crippen molar-refractivity contribution in [2.75, 3.05) is 0 Å². The topological polar surface area (TPSA) is 0 Å². The van der Waals surface area contributed by atoms with Crippen LogP contribution in [0.3, 0.4) is 0 Å². The van der Waals surface area contributed by atoms with Gasteiger partial charge in [0.1, 0.15) is 0 Å². The summed E-state index contributed by atoms with van der Waals surface area (Å²) < 4.78 is 0. The minimum atomic E-state index is -0.692. The molecule has 0 radical (unpaired) electrons. The van der Waals surface area contributed by atoms with E-state index in [9.17, 15) is 0 Å². The van der Waals surface area contributed by atoms with Gasteiger partial charge in [-0.3, -0.25) is 0 Å². The van der Waals surface area contributed by atoms with Gasteiger partial charge < -0.3 is 0 Å². The fraction of sp³-hybridized carbons (Fsp3) is 0. The number of halogens is 150. The summed E-state index contributed by atoms with van der Waals surface area (Å²) >= 11 is 261. The zero-order valence-electron chi connectivity index (χ0n) is 56.7. The maximum atomic E-state index is 3.52. The van der Waals surface area contributed by atoms with Crippen LogP contribution in [0.5, 0.6) is 0 Å². The molecule has 0 aliphatic carbocycles. The summed E-state index contributed by atoms with van der Waals surface area (Å²) in [6, 6.07) is 0. The average molecular weight is 19000 g/mol. The van der Waals surface area contributed by atoms with Crippen molar-refractivity contribution in [3.05, 3.63) is 0 Å². The van der Waals surface area contributed by atoms with Crippen molar-refractivity contribution >= 4 is 2000 Å². The number of hydrogen-bond donors (Lipinski definition) is 0. The maximum absolute atomic E-state index is 3.52. The zero-order chi connectivity index (χ0) is 119. The first-order chi connectivity index (χ1) is 68.2. The summed E-state index contributed by atoms with van der Waals surface area (Å²) in [5.41, 5.74) is 0. The molecule has 0 nitrogen and oxygen atoms in total. The van der Waals surface area contributed by atoms with Crippen LogP contribution in [0, 0.1) is 0 Å². The van der Waals surface area contributed by atoms with Crippen molar-refractivity contribution in [2.24, 2.45) is 0 Å². The van der Waals surface area contributed by atoms with Gasteiger partial charge >= 0.3 is 2000 Å². The zero-order valence-corrected chi connectivity index (χ0v) is 380. The van der Waals surface area contributed by atoms with E-state index in [4.69, 9.17) is 0 Å². The van der Waals surface area contributed by atoms with Gasteiger partial charge in [-0.1, -0.05) is 0 Å². The third-order valence-corrected chi connectivity index (χ3v) is 12100. The van der Waals surface area contributed by atoms with Gasteiger partial charge in [-0.05, 0) is 0 Å². The Kier molecular flexibility index (Phi) is 270. The van der Waals surface area contributed by atoms with E-state index in [0.717, 1.165) is 0 Å². The van der Waals surface area contributed by atoms with Gasteiger partial charge in [-0.15, -0.1) is 0 Å². The van der Waals surface area contributed by atoms with Crippen LogP contribution in [0.15, 0.2) is 0 Å². The van der Waals surface area contributed by atoms with Crippen LogP contribution in [0.1, 0.15) is 0 Å². The first-order valence-corrected chi connectivity index (χ1v) is 958. The second-order valence-corrected chi connectivity index (χ2v) is 3620. The predicted octanol–water partition coefficient (Wildman–Crippen LogP) is 133. The molecule has 0 aromatic rings. The molecule has 150 heteroatoms. The summed E-state index contributed by atoms with van der Waals surface area (Å²) in [6.07, 6.45) is 0. The van der Waals surface area contributed by atoms with Gasteiger partial charge in [0, 0.05) is 0 Å². The van der Waals surface area contributed by atoms with Crippen molar-refractivity contribution in [1.29, 1.82) is 0 Å². The molecule has 0 heterocycles. The predicted molar refractivity (Wildman–Crippen MR) is 2100 cm³/mol. The van der Waals surface area contributed by atoms with E-state index in [0.29, 0.717) is 0 Å². The molecule has 150 heavy (non-hydrogen) atoms. The molecule has 0 bridgehead atoms. The van der Waals surface area contributed by atoms with Gasteiger partial charge in [-0.25, -0.2) is 0 Å². The van der Waals surface area contributed by atoms with Crippen molar-refractivity contribution in [2.45, 2.75) is 0 Å². The normalized spacial score (nSPS) is 19.3. The van der Waals surface area contributed by atoms with Crippen molar-refractivity contribution in [1.82, 2.24) is 0 Å². The van der Waals surface area contributed by atoms with E-state index in [2.05, 4.69) is 1410 Å². The van der Waals surface area contributed by atoms with Crippen molar-refractivity contribution < 1.29 is 0 Å². The third-order valence-electron chi connectivity index (χ3n) is 5.96. The molecule has 0 aliphatic rings. The Morgan fingerprint density at radius 2 is 0.0533 bits per heavy atom. The molecule has 1050 valence electrons. The number of hydrogen-bond acceptors (Lipinski definition) is 0. The summed E-state index contributed by atoms with van der Waals surface area (Å²) in [6.45, 7) is 0. The molecule has 0 aromatic heterocycles. The summed E-state index contributed by atoms with van der Waals surface area (Å²) in [5.74, 6) is 0. The monoisotopic (exact) mass is 19000 g/mol. The molecule has 0 saturated carbocycles. The van der Waals surface area contributed by atoms with E-state index in [1.165, 1.54) is 0 Å². The standard InChI is InChI=1S/I150/c1-77(2)79(5)81(7)83(9)85(11)87(13)89(15)91(17)93(19)95(21)97(23)99(25)101(27)103(29)105(31)107(33)109(35)111(37)113(39)115(41)117(43)119(45)121(47)123(49)125(51)127(53)129(55)131(57)133(59)135(61)137(63)139(65)141(67)143(69)145(71)147(73)149(75)150(76)148(74)146(72)144(70)142(68)140(66)138(64)136(62)134(60)132(58)130(56)128(54)126(52)124(50)122(48)120(46)118(44)116(42)114(40)112(38)110(36)108(34)106(32)104(30)102(28)100(26)98(24)96(22)94(20)92(18)90(16)88(14)86(12)84(10)82(8)80(6)78(3)4. The molecule has 0 N–H and O–H groups in total. The average Bonchev–Trinajstić information content (AvgIpc) is 0.811. The summed E-state index contributed by atoms with van der Waals surface area (Å²) in [5, 5.41) is 0. The molecule has 0 atom stereocenters. The van der Waals surface area contributed by atoms with Crippen LogP contribution >= 0.6 is 2000 Å². The van der Waals surface area contributed by atoms with Gasteiger partial charge in [-0.2, -0.15) is 0 Å². The van der Waals surface area contributed by atoms with Crippen LogP contribution < -0.4 is 0 Å². The first kappa shape index (κ1) is 260. The molecular weight excluding hydrogens is 19000 g/mol. The van der Waals surface area contributed by atoms with Gasteiger partial charge in [0.25, 0.3) is 0 Å². The van der Waals surface area contributed by atoms with E-state index >= 15 is 0 Å². The van der Waals surface area contributed by atoms with Gasteiger partial charge in [0.2, 0.25) is 0 Å². The fourth-order valence-corrected chi connectivity index (χ4v) is 30200.